The minimum Gasteiger partial charge on any atom is -0.508 e. The molecule has 1 aliphatic heterocycles. The Morgan fingerprint density at radius 3 is 2.25 bits per heavy atom. The zero-order chi connectivity index (χ0) is 22.8. The third-order valence-corrected chi connectivity index (χ3v) is 5.63. The highest BCUT2D eigenvalue weighted by Gasteiger charge is 2.47. The first-order valence-electron chi connectivity index (χ1n) is 10.3. The molecule has 3 aromatic carbocycles. The average molecular weight is 429 g/mol. The van der Waals surface area contributed by atoms with Gasteiger partial charge in [-0.1, -0.05) is 55.5 Å². The molecule has 4 rings (SSSR count). The molecule has 6 heteroatoms. The van der Waals surface area contributed by atoms with Gasteiger partial charge in [0.25, 0.3) is 11.7 Å². The molecule has 3 aromatic rings. The predicted molar refractivity (Wildman–Crippen MR) is 122 cm³/mol. The number of carbonyl (C=O) groups is 2. The number of aliphatic hydroxyl groups is 1. The summed E-state index contributed by atoms with van der Waals surface area (Å²) in [5.74, 6) is -1.32. The second-order valence-corrected chi connectivity index (χ2v) is 7.48. The molecular weight excluding hydrogens is 406 g/mol. The number of carbonyl (C=O) groups excluding carboxylic acids is 2. The van der Waals surface area contributed by atoms with E-state index in [2.05, 4.69) is 0 Å². The van der Waals surface area contributed by atoms with Gasteiger partial charge in [-0.25, -0.2) is 0 Å². The summed E-state index contributed by atoms with van der Waals surface area (Å²) in [6.07, 6.45) is 0.840. The summed E-state index contributed by atoms with van der Waals surface area (Å²) in [4.78, 5) is 27.7. The minimum atomic E-state index is -0.891. The van der Waals surface area contributed by atoms with Gasteiger partial charge in [-0.15, -0.1) is 0 Å². The molecule has 0 saturated carbocycles. The number of nitrogens with zero attached hydrogens (tertiary/aromatic N) is 1. The molecule has 162 valence electrons. The molecule has 32 heavy (non-hydrogen) atoms. The zero-order valence-corrected chi connectivity index (χ0v) is 17.8. The topological polar surface area (TPSA) is 87.1 Å². The van der Waals surface area contributed by atoms with E-state index < -0.39 is 17.7 Å². The number of aryl methyl sites for hydroxylation is 1. The number of benzene rings is 3. The molecule has 0 aromatic heterocycles. The molecule has 1 unspecified atom stereocenters. The molecule has 0 bridgehead atoms. The summed E-state index contributed by atoms with van der Waals surface area (Å²) in [6, 6.07) is 19.4. The van der Waals surface area contributed by atoms with Crippen molar-refractivity contribution in [2.45, 2.75) is 19.4 Å². The number of anilines is 1. The number of methoxy groups -OCH3 is 1. The monoisotopic (exact) mass is 429 g/mol. The molecular formula is C26H23NO5. The second kappa shape index (κ2) is 8.59. The molecule has 0 aliphatic carbocycles. The van der Waals surface area contributed by atoms with E-state index >= 15 is 0 Å². The van der Waals surface area contributed by atoms with Crippen molar-refractivity contribution in [2.24, 2.45) is 0 Å². The standard InChI is InChI=1S/C26H23NO5/c1-3-16-8-10-18(11-9-16)24(29)22-23(17-12-14-19(28)15-13-17)27(26(31)25(22)30)20-6-4-5-7-21(20)32-2/h4-15,23,28-29H,3H2,1-2H3/b24-22+. The number of hydrogen-bond donors (Lipinski definition) is 2. The van der Waals surface area contributed by atoms with Crippen LogP contribution in [0.3, 0.4) is 0 Å². The van der Waals surface area contributed by atoms with Crippen molar-refractivity contribution in [3.8, 4) is 11.5 Å². The van der Waals surface area contributed by atoms with Gasteiger partial charge in [-0.2, -0.15) is 0 Å². The van der Waals surface area contributed by atoms with E-state index in [9.17, 15) is 19.8 Å². The van der Waals surface area contributed by atoms with Crippen LogP contribution >= 0.6 is 0 Å². The number of hydrogen-bond acceptors (Lipinski definition) is 5. The van der Waals surface area contributed by atoms with Crippen molar-refractivity contribution in [2.75, 3.05) is 12.0 Å². The molecule has 1 heterocycles. The van der Waals surface area contributed by atoms with Crippen LogP contribution in [0.1, 0.15) is 29.7 Å². The van der Waals surface area contributed by atoms with E-state index in [0.717, 1.165) is 12.0 Å². The first-order valence-corrected chi connectivity index (χ1v) is 10.3. The Morgan fingerprint density at radius 2 is 1.62 bits per heavy atom. The first kappa shape index (κ1) is 21.2. The lowest BCUT2D eigenvalue weighted by Gasteiger charge is -2.26. The quantitative estimate of drug-likeness (QED) is 0.352. The lowest BCUT2D eigenvalue weighted by molar-refractivity contribution is -0.132. The number of amides is 1. The van der Waals surface area contributed by atoms with Gasteiger partial charge >= 0.3 is 0 Å². The van der Waals surface area contributed by atoms with Gasteiger partial charge in [0.2, 0.25) is 0 Å². The fourth-order valence-electron chi connectivity index (χ4n) is 3.94. The smallest absolute Gasteiger partial charge is 0.300 e. The lowest BCUT2D eigenvalue weighted by Crippen LogP contribution is -2.29. The van der Waals surface area contributed by atoms with E-state index in [1.807, 2.05) is 19.1 Å². The van der Waals surface area contributed by atoms with Gasteiger partial charge in [0.15, 0.2) is 0 Å². The van der Waals surface area contributed by atoms with Gasteiger partial charge in [0.05, 0.1) is 24.4 Å². The fraction of sp³-hybridized carbons (Fsp3) is 0.154. The summed E-state index contributed by atoms with van der Waals surface area (Å²) in [6.45, 7) is 2.03. The molecule has 1 amide bonds. The average Bonchev–Trinajstić information content (AvgIpc) is 3.09. The number of Topliss-reactive ketones (excluding diaryl/α,β-unsaturated/α-hetero) is 1. The number of rotatable bonds is 5. The van der Waals surface area contributed by atoms with Crippen LogP contribution in [0.25, 0.3) is 5.76 Å². The van der Waals surface area contributed by atoms with Crippen molar-refractivity contribution >= 4 is 23.1 Å². The minimum absolute atomic E-state index is 0.0177. The number of para-hydroxylation sites is 2. The van der Waals surface area contributed by atoms with Gasteiger partial charge in [0.1, 0.15) is 17.3 Å². The highest BCUT2D eigenvalue weighted by atomic mass is 16.5. The second-order valence-electron chi connectivity index (χ2n) is 7.48. The van der Waals surface area contributed by atoms with Crippen LogP contribution in [0.15, 0.2) is 78.4 Å². The van der Waals surface area contributed by atoms with Crippen molar-refractivity contribution in [3.05, 3.63) is 95.1 Å². The molecule has 1 aliphatic rings. The molecule has 0 spiro atoms. The van der Waals surface area contributed by atoms with Crippen LogP contribution in [0.4, 0.5) is 5.69 Å². The highest BCUT2D eigenvalue weighted by Crippen LogP contribution is 2.45. The molecule has 1 saturated heterocycles. The van der Waals surface area contributed by atoms with Gasteiger partial charge in [-0.05, 0) is 41.8 Å². The van der Waals surface area contributed by atoms with Crippen LogP contribution < -0.4 is 9.64 Å². The van der Waals surface area contributed by atoms with Crippen molar-refractivity contribution in [1.29, 1.82) is 0 Å². The zero-order valence-electron chi connectivity index (χ0n) is 17.8. The summed E-state index contributed by atoms with van der Waals surface area (Å²) >= 11 is 0. The number of ether oxygens (including phenoxy) is 1. The summed E-state index contributed by atoms with van der Waals surface area (Å²) in [5.41, 5.74) is 2.50. The number of phenolic OH excluding ortho intramolecular Hbond substituents is 1. The number of phenols is 1. The van der Waals surface area contributed by atoms with Crippen molar-refractivity contribution in [1.82, 2.24) is 0 Å². The predicted octanol–water partition coefficient (Wildman–Crippen LogP) is 4.59. The Morgan fingerprint density at radius 1 is 0.969 bits per heavy atom. The van der Waals surface area contributed by atoms with Crippen LogP contribution in [0, 0.1) is 0 Å². The Bertz CT molecular complexity index is 1200. The van der Waals surface area contributed by atoms with Crippen LogP contribution in [0.5, 0.6) is 11.5 Å². The highest BCUT2D eigenvalue weighted by molar-refractivity contribution is 6.51. The maximum atomic E-state index is 13.2. The molecule has 1 fully saturated rings. The van der Waals surface area contributed by atoms with Crippen LogP contribution in [-0.4, -0.2) is 29.0 Å². The van der Waals surface area contributed by atoms with E-state index in [0.29, 0.717) is 22.6 Å². The Balaban J connectivity index is 1.94. The van der Waals surface area contributed by atoms with E-state index in [1.54, 1.807) is 48.5 Å². The third-order valence-electron chi connectivity index (χ3n) is 5.63. The molecule has 2 N–H and O–H groups in total. The number of aromatic hydroxyl groups is 1. The van der Waals surface area contributed by atoms with Crippen molar-refractivity contribution in [3.63, 3.8) is 0 Å². The van der Waals surface area contributed by atoms with Gasteiger partial charge in [0, 0.05) is 5.56 Å². The van der Waals surface area contributed by atoms with Crippen LogP contribution in [0.2, 0.25) is 0 Å². The first-order chi connectivity index (χ1) is 15.5. The van der Waals surface area contributed by atoms with Crippen molar-refractivity contribution < 1.29 is 24.5 Å². The van der Waals surface area contributed by atoms with Gasteiger partial charge < -0.3 is 14.9 Å². The molecule has 1 atom stereocenters. The SMILES string of the molecule is CCc1ccc(/C(O)=C2\C(=O)C(=O)N(c3ccccc3OC)C2c2ccc(O)cc2)cc1. The summed E-state index contributed by atoms with van der Waals surface area (Å²) in [7, 11) is 1.49. The van der Waals surface area contributed by atoms with E-state index in [4.69, 9.17) is 4.74 Å². The van der Waals surface area contributed by atoms with E-state index in [1.165, 1.54) is 24.1 Å². The number of aliphatic hydroxyl groups excluding tert-OH is 1. The largest absolute Gasteiger partial charge is 0.508 e. The normalized spacial score (nSPS) is 17.6. The maximum absolute atomic E-state index is 13.2. The number of ketones is 1. The lowest BCUT2D eigenvalue weighted by atomic mass is 9.94. The Kier molecular flexibility index (Phi) is 5.69. The Hall–Kier alpha value is -4.06. The summed E-state index contributed by atoms with van der Waals surface area (Å²) < 4.78 is 5.43. The Labute approximate surface area is 186 Å². The fourth-order valence-corrected chi connectivity index (χ4v) is 3.94. The van der Waals surface area contributed by atoms with E-state index in [-0.39, 0.29) is 17.1 Å². The maximum Gasteiger partial charge on any atom is 0.300 e. The van der Waals surface area contributed by atoms with Gasteiger partial charge in [-0.3, -0.25) is 14.5 Å². The molecule has 6 nitrogen and oxygen atoms in total. The summed E-state index contributed by atoms with van der Waals surface area (Å²) in [5, 5.41) is 20.9. The van der Waals surface area contributed by atoms with Crippen LogP contribution in [-0.2, 0) is 16.0 Å². The third kappa shape index (κ3) is 3.60. The molecule has 0 radical (unpaired) electrons.